The van der Waals surface area contributed by atoms with Gasteiger partial charge in [0, 0.05) is 17.6 Å². The molecule has 1 atom stereocenters. The molecule has 0 aromatic heterocycles. The number of hydrogen-bond acceptors (Lipinski definition) is 3. The molecule has 0 heterocycles. The third-order valence-electron chi connectivity index (χ3n) is 4.22. The summed E-state index contributed by atoms with van der Waals surface area (Å²) in [5.41, 5.74) is 0.944. The van der Waals surface area contributed by atoms with Crippen molar-refractivity contribution in [2.45, 2.75) is 33.4 Å². The molecule has 0 aliphatic rings. The molecular weight excluding hydrogens is 420 g/mol. The highest BCUT2D eigenvalue weighted by molar-refractivity contribution is 9.10. The zero-order valence-corrected chi connectivity index (χ0v) is 18.1. The van der Waals surface area contributed by atoms with E-state index in [1.165, 1.54) is 0 Å². The third kappa shape index (κ3) is 7.00. The molecule has 0 spiro atoms. The van der Waals surface area contributed by atoms with Gasteiger partial charge < -0.3 is 15.0 Å². The molecule has 2 aromatic carbocycles. The monoisotopic (exact) mass is 446 g/mol. The van der Waals surface area contributed by atoms with E-state index in [0.717, 1.165) is 10.0 Å². The Labute approximate surface area is 175 Å². The maximum atomic E-state index is 12.9. The van der Waals surface area contributed by atoms with Gasteiger partial charge in [0.2, 0.25) is 5.91 Å². The van der Waals surface area contributed by atoms with Crippen LogP contribution in [-0.4, -0.2) is 35.9 Å². The Bertz CT molecular complexity index is 763. The molecule has 0 saturated carbocycles. The SMILES string of the molecule is CC(C)CNC(=O)[C@H](C)N(Cc1ccc(Br)cc1)C(=O)COc1ccccc1. The number of nitrogens with zero attached hydrogens (tertiary/aromatic N) is 1. The minimum Gasteiger partial charge on any atom is -0.484 e. The third-order valence-corrected chi connectivity index (χ3v) is 4.75. The Morgan fingerprint density at radius 3 is 2.29 bits per heavy atom. The van der Waals surface area contributed by atoms with Gasteiger partial charge in [-0.1, -0.05) is 60.1 Å². The summed E-state index contributed by atoms with van der Waals surface area (Å²) in [7, 11) is 0. The molecule has 0 aliphatic carbocycles. The highest BCUT2D eigenvalue weighted by Gasteiger charge is 2.26. The molecule has 2 rings (SSSR count). The smallest absolute Gasteiger partial charge is 0.261 e. The quantitative estimate of drug-likeness (QED) is 0.632. The fraction of sp³-hybridized carbons (Fsp3) is 0.364. The van der Waals surface area contributed by atoms with E-state index < -0.39 is 6.04 Å². The molecular formula is C22H27BrN2O3. The summed E-state index contributed by atoms with van der Waals surface area (Å²) < 4.78 is 6.57. The first-order valence-corrected chi connectivity index (χ1v) is 10.2. The van der Waals surface area contributed by atoms with Gasteiger partial charge in [-0.05, 0) is 42.7 Å². The lowest BCUT2D eigenvalue weighted by atomic mass is 10.1. The second kappa shape index (κ2) is 10.9. The van der Waals surface area contributed by atoms with Crippen LogP contribution in [0.25, 0.3) is 0 Å². The van der Waals surface area contributed by atoms with Crippen LogP contribution in [0.3, 0.4) is 0 Å². The molecule has 0 bridgehead atoms. The minimum absolute atomic E-state index is 0.123. The van der Waals surface area contributed by atoms with Crippen molar-refractivity contribution < 1.29 is 14.3 Å². The van der Waals surface area contributed by atoms with Gasteiger partial charge in [-0.25, -0.2) is 0 Å². The molecule has 28 heavy (non-hydrogen) atoms. The normalized spacial score (nSPS) is 11.8. The highest BCUT2D eigenvalue weighted by Crippen LogP contribution is 2.15. The summed E-state index contributed by atoms with van der Waals surface area (Å²) >= 11 is 3.41. The predicted octanol–water partition coefficient (Wildman–Crippen LogP) is 4.02. The lowest BCUT2D eigenvalue weighted by Gasteiger charge is -2.29. The molecule has 6 heteroatoms. The van der Waals surface area contributed by atoms with Crippen LogP contribution in [0.4, 0.5) is 0 Å². The van der Waals surface area contributed by atoms with E-state index in [9.17, 15) is 9.59 Å². The van der Waals surface area contributed by atoms with E-state index in [1.807, 2.05) is 56.3 Å². The molecule has 150 valence electrons. The Hall–Kier alpha value is -2.34. The maximum Gasteiger partial charge on any atom is 0.261 e. The maximum absolute atomic E-state index is 12.9. The molecule has 0 saturated heterocycles. The van der Waals surface area contributed by atoms with Crippen molar-refractivity contribution in [1.82, 2.24) is 10.2 Å². The van der Waals surface area contributed by atoms with Gasteiger partial charge in [0.25, 0.3) is 5.91 Å². The Morgan fingerprint density at radius 2 is 1.68 bits per heavy atom. The predicted molar refractivity (Wildman–Crippen MR) is 114 cm³/mol. The summed E-state index contributed by atoms with van der Waals surface area (Å²) in [6.07, 6.45) is 0. The van der Waals surface area contributed by atoms with Crippen molar-refractivity contribution >= 4 is 27.7 Å². The summed E-state index contributed by atoms with van der Waals surface area (Å²) in [6.45, 7) is 6.59. The first-order valence-electron chi connectivity index (χ1n) is 9.36. The van der Waals surface area contributed by atoms with Gasteiger partial charge >= 0.3 is 0 Å². The Balaban J connectivity index is 2.10. The van der Waals surface area contributed by atoms with E-state index >= 15 is 0 Å². The average molecular weight is 447 g/mol. The van der Waals surface area contributed by atoms with Crippen LogP contribution in [0.2, 0.25) is 0 Å². The van der Waals surface area contributed by atoms with Gasteiger partial charge in [-0.15, -0.1) is 0 Å². The first kappa shape index (κ1) is 22.0. The van der Waals surface area contributed by atoms with Gasteiger partial charge in [0.05, 0.1) is 0 Å². The molecule has 0 fully saturated rings. The molecule has 2 amide bonds. The fourth-order valence-corrected chi connectivity index (χ4v) is 2.83. The largest absolute Gasteiger partial charge is 0.484 e. The van der Waals surface area contributed by atoms with Crippen LogP contribution < -0.4 is 10.1 Å². The molecule has 2 aromatic rings. The molecule has 1 N–H and O–H groups in total. The summed E-state index contributed by atoms with van der Waals surface area (Å²) in [6, 6.07) is 16.3. The van der Waals surface area contributed by atoms with E-state index in [0.29, 0.717) is 24.8 Å². The van der Waals surface area contributed by atoms with Gasteiger partial charge in [0.15, 0.2) is 6.61 Å². The van der Waals surface area contributed by atoms with Gasteiger partial charge in [0.1, 0.15) is 11.8 Å². The summed E-state index contributed by atoms with van der Waals surface area (Å²) in [4.78, 5) is 27.0. The van der Waals surface area contributed by atoms with Crippen LogP contribution >= 0.6 is 15.9 Å². The minimum atomic E-state index is -0.603. The number of amides is 2. The zero-order valence-electron chi connectivity index (χ0n) is 16.5. The van der Waals surface area contributed by atoms with E-state index in [4.69, 9.17) is 4.74 Å². The molecule has 5 nitrogen and oxygen atoms in total. The molecule has 0 radical (unpaired) electrons. The Morgan fingerprint density at radius 1 is 1.04 bits per heavy atom. The Kier molecular flexibility index (Phi) is 8.51. The topological polar surface area (TPSA) is 58.6 Å². The molecule has 0 unspecified atom stereocenters. The van der Waals surface area contributed by atoms with Crippen LogP contribution in [-0.2, 0) is 16.1 Å². The number of rotatable bonds is 9. The second-order valence-corrected chi connectivity index (χ2v) is 7.98. The number of para-hydroxylation sites is 1. The highest BCUT2D eigenvalue weighted by atomic mass is 79.9. The number of ether oxygens (including phenoxy) is 1. The van der Waals surface area contributed by atoms with Crippen molar-refractivity contribution in [1.29, 1.82) is 0 Å². The number of hydrogen-bond donors (Lipinski definition) is 1. The van der Waals surface area contributed by atoms with Crippen LogP contribution in [0.15, 0.2) is 59.1 Å². The van der Waals surface area contributed by atoms with Crippen molar-refractivity contribution in [3.05, 3.63) is 64.6 Å². The number of carbonyl (C=O) groups excluding carboxylic acids is 2. The fourth-order valence-electron chi connectivity index (χ4n) is 2.57. The number of halogens is 1. The second-order valence-electron chi connectivity index (χ2n) is 7.06. The first-order chi connectivity index (χ1) is 13.4. The van der Waals surface area contributed by atoms with Crippen LogP contribution in [0.1, 0.15) is 26.3 Å². The zero-order chi connectivity index (χ0) is 20.5. The van der Waals surface area contributed by atoms with E-state index in [2.05, 4.69) is 21.2 Å². The van der Waals surface area contributed by atoms with Crippen molar-refractivity contribution in [2.24, 2.45) is 5.92 Å². The van der Waals surface area contributed by atoms with E-state index in [-0.39, 0.29) is 18.4 Å². The molecule has 0 aliphatic heterocycles. The van der Waals surface area contributed by atoms with Gasteiger partial charge in [-0.3, -0.25) is 9.59 Å². The van der Waals surface area contributed by atoms with Crippen molar-refractivity contribution in [3.63, 3.8) is 0 Å². The lowest BCUT2D eigenvalue weighted by molar-refractivity contribution is -0.142. The van der Waals surface area contributed by atoms with Gasteiger partial charge in [-0.2, -0.15) is 0 Å². The lowest BCUT2D eigenvalue weighted by Crippen LogP contribution is -2.49. The van der Waals surface area contributed by atoms with Crippen molar-refractivity contribution in [3.8, 4) is 5.75 Å². The summed E-state index contributed by atoms with van der Waals surface area (Å²) in [5, 5.41) is 2.90. The summed E-state index contributed by atoms with van der Waals surface area (Å²) in [5.74, 6) is 0.558. The van der Waals surface area contributed by atoms with Crippen molar-refractivity contribution in [2.75, 3.05) is 13.2 Å². The van der Waals surface area contributed by atoms with Crippen LogP contribution in [0, 0.1) is 5.92 Å². The van der Waals surface area contributed by atoms with Crippen LogP contribution in [0.5, 0.6) is 5.75 Å². The number of nitrogens with one attached hydrogen (secondary N) is 1. The van der Waals surface area contributed by atoms with E-state index in [1.54, 1.807) is 24.0 Å². The standard InChI is InChI=1S/C22H27BrN2O3/c1-16(2)13-24-22(27)17(3)25(14-18-9-11-19(23)12-10-18)21(26)15-28-20-7-5-4-6-8-20/h4-12,16-17H,13-15H2,1-3H3,(H,24,27)/t17-/m0/s1. The average Bonchev–Trinajstić information content (AvgIpc) is 2.70. The number of benzene rings is 2. The number of carbonyl (C=O) groups is 2.